The summed E-state index contributed by atoms with van der Waals surface area (Å²) in [6.45, 7) is 2.11. The van der Waals surface area contributed by atoms with E-state index in [1.165, 1.54) is 18.2 Å². The van der Waals surface area contributed by atoms with E-state index in [1.54, 1.807) is 24.3 Å². The van der Waals surface area contributed by atoms with Crippen molar-refractivity contribution in [3.8, 4) is 11.5 Å². The molecular formula is C19H15Cl4FO2. The van der Waals surface area contributed by atoms with Crippen LogP contribution >= 0.6 is 46.4 Å². The minimum Gasteiger partial charge on any atom is -0.489 e. The fourth-order valence-electron chi connectivity index (χ4n) is 2.07. The second-order valence-corrected chi connectivity index (χ2v) is 6.93. The van der Waals surface area contributed by atoms with Gasteiger partial charge in [0.1, 0.15) is 28.4 Å². The van der Waals surface area contributed by atoms with Crippen molar-refractivity contribution in [2.24, 2.45) is 0 Å². The fraction of sp³-hybridized carbons (Fsp3) is 0.158. The van der Waals surface area contributed by atoms with Crippen molar-refractivity contribution in [2.45, 2.75) is 13.3 Å². The highest BCUT2D eigenvalue weighted by atomic mass is 35.5. The van der Waals surface area contributed by atoms with Crippen LogP contribution < -0.4 is 9.47 Å². The maximum Gasteiger partial charge on any atom is 0.164 e. The van der Waals surface area contributed by atoms with Gasteiger partial charge in [0, 0.05) is 17.7 Å². The Labute approximate surface area is 171 Å². The molecule has 0 amide bonds. The molecule has 2 aromatic rings. The van der Waals surface area contributed by atoms with Gasteiger partial charge >= 0.3 is 0 Å². The van der Waals surface area contributed by atoms with E-state index in [-0.39, 0.29) is 32.7 Å². The summed E-state index contributed by atoms with van der Waals surface area (Å²) in [6, 6.07) is 9.21. The highest BCUT2D eigenvalue weighted by molar-refractivity contribution is 6.55. The molecule has 0 atom stereocenters. The molecule has 0 aliphatic carbocycles. The van der Waals surface area contributed by atoms with Crippen LogP contribution in [0.3, 0.4) is 0 Å². The summed E-state index contributed by atoms with van der Waals surface area (Å²) in [5, 5.41) is 0.513. The first kappa shape index (κ1) is 20.9. The molecule has 2 nitrogen and oxygen atoms in total. The smallest absolute Gasteiger partial charge is 0.164 e. The van der Waals surface area contributed by atoms with Crippen LogP contribution in [-0.2, 0) is 0 Å². The number of halogens is 5. The molecule has 0 fully saturated rings. The van der Waals surface area contributed by atoms with Crippen molar-refractivity contribution in [3.05, 3.63) is 74.5 Å². The van der Waals surface area contributed by atoms with E-state index in [9.17, 15) is 4.39 Å². The van der Waals surface area contributed by atoms with Crippen LogP contribution in [0, 0.1) is 5.82 Å². The number of ether oxygens (including phenoxy) is 2. The van der Waals surface area contributed by atoms with Crippen LogP contribution in [0.1, 0.15) is 18.9 Å². The summed E-state index contributed by atoms with van der Waals surface area (Å²) in [5.74, 6) is 0.793. The normalized spacial score (nSPS) is 11.2. The molecule has 0 aromatic heterocycles. The minimum absolute atomic E-state index is 0.103. The summed E-state index contributed by atoms with van der Waals surface area (Å²) >= 11 is 23.6. The number of benzene rings is 2. The first-order valence-corrected chi connectivity index (χ1v) is 9.18. The molecule has 0 N–H and O–H groups in total. The molecule has 0 aliphatic rings. The average molecular weight is 436 g/mol. The Bertz CT molecular complexity index is 807. The summed E-state index contributed by atoms with van der Waals surface area (Å²) in [4.78, 5) is 0. The van der Waals surface area contributed by atoms with Crippen LogP contribution in [0.2, 0.25) is 10.0 Å². The maximum atomic E-state index is 13.5. The van der Waals surface area contributed by atoms with E-state index in [0.29, 0.717) is 23.5 Å². The van der Waals surface area contributed by atoms with Gasteiger partial charge in [-0.3, -0.25) is 0 Å². The second-order valence-electron chi connectivity index (χ2n) is 5.11. The SMILES string of the molecule is CCC=C(Oc1c(Cl)cc(OCC=C(Cl)Cl)cc1Cl)c1cccc(F)c1. The maximum absolute atomic E-state index is 13.5. The van der Waals surface area contributed by atoms with Gasteiger partial charge in [0.2, 0.25) is 0 Å². The third-order valence-corrected chi connectivity index (χ3v) is 4.04. The Kier molecular flexibility index (Phi) is 8.11. The topological polar surface area (TPSA) is 18.5 Å². The lowest BCUT2D eigenvalue weighted by Crippen LogP contribution is -1.99. The fourth-order valence-corrected chi connectivity index (χ4v) is 2.74. The van der Waals surface area contributed by atoms with Crippen LogP contribution in [0.5, 0.6) is 11.5 Å². The predicted octanol–water partition coefficient (Wildman–Crippen LogP) is 7.66. The molecule has 0 aliphatic heterocycles. The van der Waals surface area contributed by atoms with Crippen molar-refractivity contribution < 1.29 is 13.9 Å². The first-order chi connectivity index (χ1) is 12.4. The lowest BCUT2D eigenvalue weighted by atomic mass is 10.1. The lowest BCUT2D eigenvalue weighted by Gasteiger charge is -2.15. The van der Waals surface area contributed by atoms with Gasteiger partial charge in [0.05, 0.1) is 10.0 Å². The van der Waals surface area contributed by atoms with Crippen molar-refractivity contribution in [3.63, 3.8) is 0 Å². The van der Waals surface area contributed by atoms with Crippen LogP contribution in [-0.4, -0.2) is 6.61 Å². The van der Waals surface area contributed by atoms with E-state index in [1.807, 2.05) is 13.0 Å². The summed E-state index contributed by atoms with van der Waals surface area (Å²) in [5.41, 5.74) is 0.584. The third-order valence-electron chi connectivity index (χ3n) is 3.17. The quantitative estimate of drug-likeness (QED) is 0.415. The van der Waals surface area contributed by atoms with Gasteiger partial charge in [-0.05, 0) is 30.7 Å². The molecule has 0 bridgehead atoms. The summed E-state index contributed by atoms with van der Waals surface area (Å²) in [7, 11) is 0. The van der Waals surface area contributed by atoms with Crippen LogP contribution in [0.4, 0.5) is 4.39 Å². The van der Waals surface area contributed by atoms with Crippen LogP contribution in [0.25, 0.3) is 5.76 Å². The number of rotatable bonds is 7. The van der Waals surface area contributed by atoms with Crippen molar-refractivity contribution >= 4 is 52.2 Å². The van der Waals surface area contributed by atoms with E-state index < -0.39 is 0 Å². The Balaban J connectivity index is 2.27. The molecule has 0 spiro atoms. The van der Waals surface area contributed by atoms with E-state index in [4.69, 9.17) is 55.9 Å². The Hall–Kier alpha value is -1.39. The molecule has 2 aromatic carbocycles. The van der Waals surface area contributed by atoms with E-state index in [0.717, 1.165) is 0 Å². The summed E-state index contributed by atoms with van der Waals surface area (Å²) in [6.07, 6.45) is 3.99. The first-order valence-electron chi connectivity index (χ1n) is 7.67. The Morgan fingerprint density at radius 1 is 1.08 bits per heavy atom. The van der Waals surface area contributed by atoms with Crippen molar-refractivity contribution in [1.82, 2.24) is 0 Å². The number of allylic oxidation sites excluding steroid dienone is 1. The van der Waals surface area contributed by atoms with Gasteiger partial charge in [-0.25, -0.2) is 4.39 Å². The molecule has 0 saturated heterocycles. The molecule has 0 heterocycles. The van der Waals surface area contributed by atoms with Gasteiger partial charge in [-0.15, -0.1) is 0 Å². The molecule has 26 heavy (non-hydrogen) atoms. The summed E-state index contributed by atoms with van der Waals surface area (Å²) < 4.78 is 25.0. The minimum atomic E-state index is -0.361. The number of hydrogen-bond acceptors (Lipinski definition) is 2. The molecule has 0 radical (unpaired) electrons. The van der Waals surface area contributed by atoms with Crippen molar-refractivity contribution in [1.29, 1.82) is 0 Å². The van der Waals surface area contributed by atoms with Gasteiger partial charge in [0.15, 0.2) is 5.75 Å². The van der Waals surface area contributed by atoms with Gasteiger partial charge in [-0.2, -0.15) is 0 Å². The van der Waals surface area contributed by atoms with Gasteiger partial charge in [-0.1, -0.05) is 65.5 Å². The molecule has 138 valence electrons. The Morgan fingerprint density at radius 2 is 1.77 bits per heavy atom. The molecule has 0 saturated carbocycles. The highest BCUT2D eigenvalue weighted by Crippen LogP contribution is 2.39. The standard InChI is InChI=1S/C19H15Cl4FO2/c1-2-4-17(12-5-3-6-13(24)9-12)26-19-15(20)10-14(11-16(19)21)25-8-7-18(22)23/h3-7,9-11H,2,8H2,1H3. The van der Waals surface area contributed by atoms with Crippen LogP contribution in [0.15, 0.2) is 53.0 Å². The van der Waals surface area contributed by atoms with Gasteiger partial charge in [0.25, 0.3) is 0 Å². The van der Waals surface area contributed by atoms with E-state index >= 15 is 0 Å². The zero-order valence-corrected chi connectivity index (χ0v) is 16.8. The molecule has 0 unspecified atom stereocenters. The third kappa shape index (κ3) is 6.10. The van der Waals surface area contributed by atoms with Gasteiger partial charge < -0.3 is 9.47 Å². The molecule has 2 rings (SSSR count). The van der Waals surface area contributed by atoms with Crippen molar-refractivity contribution in [2.75, 3.05) is 6.61 Å². The lowest BCUT2D eigenvalue weighted by molar-refractivity contribution is 0.362. The molecular weight excluding hydrogens is 421 g/mol. The highest BCUT2D eigenvalue weighted by Gasteiger charge is 2.14. The largest absolute Gasteiger partial charge is 0.489 e. The zero-order chi connectivity index (χ0) is 19.1. The number of hydrogen-bond donors (Lipinski definition) is 0. The second kappa shape index (κ2) is 10.1. The predicted molar refractivity (Wildman–Crippen MR) is 107 cm³/mol. The average Bonchev–Trinajstić information content (AvgIpc) is 2.57. The molecule has 7 heteroatoms. The monoisotopic (exact) mass is 434 g/mol. The zero-order valence-electron chi connectivity index (χ0n) is 13.7. The van der Waals surface area contributed by atoms with E-state index in [2.05, 4.69) is 0 Å². The Morgan fingerprint density at radius 3 is 2.35 bits per heavy atom.